The molecule has 3 heteroatoms. The van der Waals surface area contributed by atoms with Gasteiger partial charge in [-0.25, -0.2) is 0 Å². The van der Waals surface area contributed by atoms with Crippen molar-refractivity contribution in [1.82, 2.24) is 5.32 Å². The number of nitrogens with zero attached hydrogens (tertiary/aromatic N) is 1. The average molecular weight is 247 g/mol. The highest BCUT2D eigenvalue weighted by atomic mass is 35.5. The van der Waals surface area contributed by atoms with Gasteiger partial charge >= 0.3 is 0 Å². The first kappa shape index (κ1) is 12.2. The largest absolute Gasteiger partial charge is 0.316 e. The van der Waals surface area contributed by atoms with Crippen LogP contribution in [0.3, 0.4) is 0 Å². The van der Waals surface area contributed by atoms with E-state index >= 15 is 0 Å². The van der Waals surface area contributed by atoms with E-state index in [-0.39, 0.29) is 0 Å². The van der Waals surface area contributed by atoms with Crippen molar-refractivity contribution in [3.8, 4) is 6.07 Å². The van der Waals surface area contributed by atoms with Crippen molar-refractivity contribution < 1.29 is 0 Å². The molecule has 1 aliphatic heterocycles. The lowest BCUT2D eigenvalue weighted by Gasteiger charge is -2.24. The van der Waals surface area contributed by atoms with E-state index < -0.39 is 0 Å². The smallest absolute Gasteiger partial charge is 0.0997 e. The SMILES string of the molecule is CC1CNCC/C1=C(\C#N)c1ccc(Cl)cc1. The highest BCUT2D eigenvalue weighted by Gasteiger charge is 2.18. The first-order valence-corrected chi connectivity index (χ1v) is 6.20. The Balaban J connectivity index is 2.41. The number of hydrogen-bond acceptors (Lipinski definition) is 2. The summed E-state index contributed by atoms with van der Waals surface area (Å²) in [5, 5.41) is 13.4. The van der Waals surface area contributed by atoms with E-state index in [4.69, 9.17) is 11.6 Å². The molecule has 0 aliphatic carbocycles. The second-order valence-corrected chi connectivity index (χ2v) is 4.81. The summed E-state index contributed by atoms with van der Waals surface area (Å²) >= 11 is 5.87. The van der Waals surface area contributed by atoms with E-state index in [0.717, 1.165) is 30.6 Å². The molecule has 1 saturated heterocycles. The molecule has 1 atom stereocenters. The lowest BCUT2D eigenvalue weighted by atomic mass is 9.88. The molecule has 2 rings (SSSR count). The van der Waals surface area contributed by atoms with Gasteiger partial charge in [-0.15, -0.1) is 0 Å². The Morgan fingerprint density at radius 1 is 1.41 bits per heavy atom. The predicted octanol–water partition coefficient (Wildman–Crippen LogP) is 3.25. The van der Waals surface area contributed by atoms with Gasteiger partial charge in [0.05, 0.1) is 11.6 Å². The molecule has 0 spiro atoms. The Labute approximate surface area is 107 Å². The minimum Gasteiger partial charge on any atom is -0.316 e. The Kier molecular flexibility index (Phi) is 3.83. The van der Waals surface area contributed by atoms with Crippen LogP contribution in [-0.2, 0) is 0 Å². The van der Waals surface area contributed by atoms with E-state index in [1.807, 2.05) is 24.3 Å². The minimum atomic E-state index is 0.425. The number of allylic oxidation sites excluding steroid dienone is 1. The molecular weight excluding hydrogens is 232 g/mol. The van der Waals surface area contributed by atoms with Crippen LogP contribution in [0.5, 0.6) is 0 Å². The summed E-state index contributed by atoms with van der Waals surface area (Å²) < 4.78 is 0. The molecule has 88 valence electrons. The minimum absolute atomic E-state index is 0.425. The third-order valence-corrected chi connectivity index (χ3v) is 3.43. The zero-order valence-corrected chi connectivity index (χ0v) is 10.6. The van der Waals surface area contributed by atoms with Crippen molar-refractivity contribution in [1.29, 1.82) is 5.26 Å². The van der Waals surface area contributed by atoms with Crippen LogP contribution in [0.1, 0.15) is 18.9 Å². The highest BCUT2D eigenvalue weighted by Crippen LogP contribution is 2.28. The van der Waals surface area contributed by atoms with Gasteiger partial charge in [-0.05, 0) is 42.2 Å². The second-order valence-electron chi connectivity index (χ2n) is 4.37. The van der Waals surface area contributed by atoms with Gasteiger partial charge in [-0.3, -0.25) is 0 Å². The highest BCUT2D eigenvalue weighted by molar-refractivity contribution is 6.30. The number of piperidine rings is 1. The lowest BCUT2D eigenvalue weighted by Crippen LogP contribution is -2.30. The number of benzene rings is 1. The summed E-state index contributed by atoms with van der Waals surface area (Å²) in [5.41, 5.74) is 3.05. The van der Waals surface area contributed by atoms with E-state index in [9.17, 15) is 5.26 Å². The van der Waals surface area contributed by atoms with Gasteiger partial charge in [-0.2, -0.15) is 5.26 Å². The van der Waals surface area contributed by atoms with Gasteiger partial charge in [0.1, 0.15) is 0 Å². The van der Waals surface area contributed by atoms with Crippen LogP contribution >= 0.6 is 11.6 Å². The molecule has 1 aromatic carbocycles. The predicted molar refractivity (Wildman–Crippen MR) is 70.6 cm³/mol. The third kappa shape index (κ3) is 2.69. The van der Waals surface area contributed by atoms with Crippen molar-refractivity contribution in [3.63, 3.8) is 0 Å². The van der Waals surface area contributed by atoms with Crippen LogP contribution in [0.15, 0.2) is 29.8 Å². The molecule has 1 heterocycles. The molecule has 0 aromatic heterocycles. The van der Waals surface area contributed by atoms with Gasteiger partial charge in [0.15, 0.2) is 0 Å². The van der Waals surface area contributed by atoms with Crippen molar-refractivity contribution in [2.24, 2.45) is 5.92 Å². The quantitative estimate of drug-likeness (QED) is 0.773. The van der Waals surface area contributed by atoms with Crippen LogP contribution in [0.4, 0.5) is 0 Å². The maximum Gasteiger partial charge on any atom is 0.0997 e. The normalized spacial score (nSPS) is 23.0. The molecular formula is C14H15ClN2. The van der Waals surface area contributed by atoms with Crippen molar-refractivity contribution >= 4 is 17.2 Å². The Morgan fingerprint density at radius 2 is 2.12 bits per heavy atom. The molecule has 1 aromatic rings. The summed E-state index contributed by atoms with van der Waals surface area (Å²) in [6.07, 6.45) is 0.951. The molecule has 0 saturated carbocycles. The standard InChI is InChI=1S/C14H15ClN2/c1-10-9-17-7-6-13(10)14(8-16)11-2-4-12(15)5-3-11/h2-5,10,17H,6-7,9H2,1H3/b14-13-. The van der Waals surface area contributed by atoms with Crippen molar-refractivity contribution in [2.45, 2.75) is 13.3 Å². The Hall–Kier alpha value is -1.30. The molecule has 2 nitrogen and oxygen atoms in total. The van der Waals surface area contributed by atoms with Crippen molar-refractivity contribution in [2.75, 3.05) is 13.1 Å². The van der Waals surface area contributed by atoms with Gasteiger partial charge in [0.2, 0.25) is 0 Å². The molecule has 0 amide bonds. The third-order valence-electron chi connectivity index (χ3n) is 3.18. The fraction of sp³-hybridized carbons (Fsp3) is 0.357. The van der Waals surface area contributed by atoms with E-state index in [1.54, 1.807) is 0 Å². The second kappa shape index (κ2) is 5.35. The number of hydrogen-bond donors (Lipinski definition) is 1. The zero-order chi connectivity index (χ0) is 12.3. The Bertz CT molecular complexity index is 468. The maximum atomic E-state index is 9.36. The topological polar surface area (TPSA) is 35.8 Å². The molecule has 0 radical (unpaired) electrons. The first-order valence-electron chi connectivity index (χ1n) is 5.82. The van der Waals surface area contributed by atoms with Crippen LogP contribution < -0.4 is 5.32 Å². The number of rotatable bonds is 1. The monoisotopic (exact) mass is 246 g/mol. The fourth-order valence-corrected chi connectivity index (χ4v) is 2.35. The zero-order valence-electron chi connectivity index (χ0n) is 9.83. The summed E-state index contributed by atoms with van der Waals surface area (Å²) in [5.74, 6) is 0.425. The summed E-state index contributed by atoms with van der Waals surface area (Å²) in [6.45, 7) is 4.07. The van der Waals surface area contributed by atoms with E-state index in [0.29, 0.717) is 10.9 Å². The molecule has 17 heavy (non-hydrogen) atoms. The van der Waals surface area contributed by atoms with Gasteiger partial charge in [0.25, 0.3) is 0 Å². The molecule has 0 bridgehead atoms. The van der Waals surface area contributed by atoms with Gasteiger partial charge < -0.3 is 5.32 Å². The molecule has 1 aliphatic rings. The van der Waals surface area contributed by atoms with Crippen LogP contribution in [-0.4, -0.2) is 13.1 Å². The van der Waals surface area contributed by atoms with Crippen LogP contribution in [0.25, 0.3) is 5.57 Å². The molecule has 1 unspecified atom stereocenters. The first-order chi connectivity index (χ1) is 8.22. The number of halogens is 1. The molecule has 1 N–H and O–H groups in total. The average Bonchev–Trinajstić information content (AvgIpc) is 2.35. The van der Waals surface area contributed by atoms with Gasteiger partial charge in [0, 0.05) is 11.6 Å². The summed E-state index contributed by atoms with van der Waals surface area (Å²) in [6, 6.07) is 9.85. The summed E-state index contributed by atoms with van der Waals surface area (Å²) in [7, 11) is 0. The lowest BCUT2D eigenvalue weighted by molar-refractivity contribution is 0.504. The number of nitriles is 1. The fourth-order valence-electron chi connectivity index (χ4n) is 2.22. The van der Waals surface area contributed by atoms with Crippen LogP contribution in [0, 0.1) is 17.2 Å². The summed E-state index contributed by atoms with van der Waals surface area (Å²) in [4.78, 5) is 0. The van der Waals surface area contributed by atoms with Crippen molar-refractivity contribution in [3.05, 3.63) is 40.4 Å². The molecule has 1 fully saturated rings. The van der Waals surface area contributed by atoms with Gasteiger partial charge in [-0.1, -0.05) is 30.7 Å². The number of nitrogens with one attached hydrogen (secondary N) is 1. The van der Waals surface area contributed by atoms with Crippen LogP contribution in [0.2, 0.25) is 5.02 Å². The van der Waals surface area contributed by atoms with E-state index in [1.165, 1.54) is 5.57 Å². The Morgan fingerprint density at radius 3 is 2.71 bits per heavy atom. The van der Waals surface area contributed by atoms with E-state index in [2.05, 4.69) is 18.3 Å². The maximum absolute atomic E-state index is 9.36.